The SMILES string of the molecule is O=C1CC(=O)OC(Cc2ccccc2)O1. The summed E-state index contributed by atoms with van der Waals surface area (Å²) >= 11 is 0. The fraction of sp³-hybridized carbons (Fsp3) is 0.273. The molecule has 0 N–H and O–H groups in total. The maximum Gasteiger partial charge on any atom is 0.320 e. The van der Waals surface area contributed by atoms with Crippen molar-refractivity contribution in [3.63, 3.8) is 0 Å². The van der Waals surface area contributed by atoms with Gasteiger partial charge in [-0.1, -0.05) is 30.3 Å². The second-order valence-corrected chi connectivity index (χ2v) is 3.28. The van der Waals surface area contributed by atoms with E-state index in [1.165, 1.54) is 0 Å². The van der Waals surface area contributed by atoms with Crippen molar-refractivity contribution in [3.05, 3.63) is 35.9 Å². The van der Waals surface area contributed by atoms with E-state index in [-0.39, 0.29) is 6.42 Å². The lowest BCUT2D eigenvalue weighted by molar-refractivity contribution is -0.202. The summed E-state index contributed by atoms with van der Waals surface area (Å²) < 4.78 is 9.76. The normalized spacial score (nSPS) is 17.1. The molecule has 4 nitrogen and oxygen atoms in total. The molecule has 0 amide bonds. The lowest BCUT2D eigenvalue weighted by Gasteiger charge is -2.22. The number of esters is 2. The fourth-order valence-corrected chi connectivity index (χ4v) is 1.41. The van der Waals surface area contributed by atoms with Crippen molar-refractivity contribution in [2.45, 2.75) is 19.1 Å². The molecule has 1 aromatic rings. The van der Waals surface area contributed by atoms with Gasteiger partial charge >= 0.3 is 11.9 Å². The maximum absolute atomic E-state index is 11.0. The Bertz CT molecular complexity index is 355. The second kappa shape index (κ2) is 4.13. The molecule has 0 unspecified atom stereocenters. The van der Waals surface area contributed by atoms with Crippen molar-refractivity contribution in [2.75, 3.05) is 0 Å². The monoisotopic (exact) mass is 206 g/mol. The largest absolute Gasteiger partial charge is 0.424 e. The first-order valence-electron chi connectivity index (χ1n) is 4.67. The zero-order valence-corrected chi connectivity index (χ0v) is 8.01. The summed E-state index contributed by atoms with van der Waals surface area (Å²) in [6, 6.07) is 9.42. The molecule has 78 valence electrons. The molecule has 0 spiro atoms. The van der Waals surface area contributed by atoms with Crippen LogP contribution in [0.5, 0.6) is 0 Å². The summed E-state index contributed by atoms with van der Waals surface area (Å²) in [4.78, 5) is 21.9. The Morgan fingerprint density at radius 2 is 1.67 bits per heavy atom. The van der Waals surface area contributed by atoms with Crippen molar-refractivity contribution in [3.8, 4) is 0 Å². The van der Waals surface area contributed by atoms with Crippen LogP contribution in [0.3, 0.4) is 0 Å². The Balaban J connectivity index is 2.00. The highest BCUT2D eigenvalue weighted by atomic mass is 16.7. The van der Waals surface area contributed by atoms with Crippen molar-refractivity contribution in [2.24, 2.45) is 0 Å². The van der Waals surface area contributed by atoms with Crippen LogP contribution in [0.2, 0.25) is 0 Å². The maximum atomic E-state index is 11.0. The summed E-state index contributed by atoms with van der Waals surface area (Å²) in [5.41, 5.74) is 0.963. The highest BCUT2D eigenvalue weighted by Crippen LogP contribution is 2.13. The van der Waals surface area contributed by atoms with E-state index in [0.717, 1.165) is 5.56 Å². The average Bonchev–Trinajstić information content (AvgIpc) is 2.17. The molecule has 2 rings (SSSR count). The first-order chi connectivity index (χ1) is 7.24. The van der Waals surface area contributed by atoms with Gasteiger partial charge in [-0.25, -0.2) is 0 Å². The van der Waals surface area contributed by atoms with Gasteiger partial charge in [0, 0.05) is 6.42 Å². The molecule has 1 heterocycles. The Labute approximate surface area is 86.8 Å². The van der Waals surface area contributed by atoms with Gasteiger partial charge in [0.15, 0.2) is 0 Å². The third-order valence-electron chi connectivity index (χ3n) is 2.06. The quantitative estimate of drug-likeness (QED) is 0.536. The molecule has 15 heavy (non-hydrogen) atoms. The first kappa shape index (κ1) is 9.71. The van der Waals surface area contributed by atoms with E-state index >= 15 is 0 Å². The molecule has 1 fully saturated rings. The van der Waals surface area contributed by atoms with Crippen LogP contribution in [0.4, 0.5) is 0 Å². The van der Waals surface area contributed by atoms with Gasteiger partial charge in [0.25, 0.3) is 6.29 Å². The summed E-state index contributed by atoms with van der Waals surface area (Å²) in [5, 5.41) is 0. The van der Waals surface area contributed by atoms with E-state index in [1.807, 2.05) is 30.3 Å². The zero-order valence-electron chi connectivity index (χ0n) is 8.01. The molecule has 1 aromatic carbocycles. The minimum Gasteiger partial charge on any atom is -0.424 e. The minimum atomic E-state index is -0.777. The lowest BCUT2D eigenvalue weighted by Crippen LogP contribution is -2.33. The number of hydrogen-bond acceptors (Lipinski definition) is 4. The molecule has 0 bridgehead atoms. The van der Waals surface area contributed by atoms with Gasteiger partial charge in [-0.15, -0.1) is 0 Å². The smallest absolute Gasteiger partial charge is 0.320 e. The van der Waals surface area contributed by atoms with E-state index < -0.39 is 18.2 Å². The van der Waals surface area contributed by atoms with E-state index in [2.05, 4.69) is 0 Å². The third-order valence-corrected chi connectivity index (χ3v) is 2.06. The lowest BCUT2D eigenvalue weighted by atomic mass is 10.1. The summed E-state index contributed by atoms with van der Waals surface area (Å²) in [6.07, 6.45) is -0.662. The number of benzene rings is 1. The van der Waals surface area contributed by atoms with Gasteiger partial charge < -0.3 is 9.47 Å². The van der Waals surface area contributed by atoms with E-state index in [1.54, 1.807) is 0 Å². The van der Waals surface area contributed by atoms with Crippen molar-refractivity contribution in [1.82, 2.24) is 0 Å². The molecule has 0 aliphatic carbocycles. The van der Waals surface area contributed by atoms with Crippen molar-refractivity contribution >= 4 is 11.9 Å². The van der Waals surface area contributed by atoms with Crippen LogP contribution in [0.25, 0.3) is 0 Å². The van der Waals surface area contributed by atoms with E-state index in [9.17, 15) is 9.59 Å². The minimum absolute atomic E-state index is 0.286. The topological polar surface area (TPSA) is 52.6 Å². The molecule has 4 heteroatoms. The van der Waals surface area contributed by atoms with E-state index in [4.69, 9.17) is 9.47 Å². The fourth-order valence-electron chi connectivity index (χ4n) is 1.41. The molecule has 0 atom stereocenters. The molecule has 0 saturated carbocycles. The van der Waals surface area contributed by atoms with Gasteiger partial charge in [-0.3, -0.25) is 9.59 Å². The second-order valence-electron chi connectivity index (χ2n) is 3.28. The molecule has 1 saturated heterocycles. The van der Waals surface area contributed by atoms with Crippen LogP contribution < -0.4 is 0 Å². The molecular formula is C11H10O4. The summed E-state index contributed by atoms with van der Waals surface area (Å²) in [6.45, 7) is 0. The van der Waals surface area contributed by atoms with Crippen LogP contribution in [-0.4, -0.2) is 18.2 Å². The number of carbonyl (C=O) groups is 2. The van der Waals surface area contributed by atoms with Crippen molar-refractivity contribution in [1.29, 1.82) is 0 Å². The van der Waals surface area contributed by atoms with Gasteiger partial charge in [0.05, 0.1) is 0 Å². The molecule has 1 aliphatic rings. The Morgan fingerprint density at radius 1 is 1.07 bits per heavy atom. The molecule has 0 aromatic heterocycles. The number of carbonyl (C=O) groups excluding carboxylic acids is 2. The number of rotatable bonds is 2. The average molecular weight is 206 g/mol. The number of hydrogen-bond donors (Lipinski definition) is 0. The van der Waals surface area contributed by atoms with Crippen LogP contribution in [0.15, 0.2) is 30.3 Å². The Morgan fingerprint density at radius 3 is 2.27 bits per heavy atom. The van der Waals surface area contributed by atoms with Gasteiger partial charge in [0.2, 0.25) is 0 Å². The Hall–Kier alpha value is -1.84. The third kappa shape index (κ3) is 2.56. The predicted molar refractivity (Wildman–Crippen MR) is 50.7 cm³/mol. The number of ether oxygens (including phenoxy) is 2. The molecular weight excluding hydrogens is 196 g/mol. The standard InChI is InChI=1S/C11H10O4/c12-9-7-10(13)15-11(14-9)6-8-4-2-1-3-5-8/h1-5,11H,6-7H2. The van der Waals surface area contributed by atoms with Gasteiger partial charge in [-0.05, 0) is 5.56 Å². The van der Waals surface area contributed by atoms with Crippen LogP contribution >= 0.6 is 0 Å². The molecule has 1 aliphatic heterocycles. The predicted octanol–water partition coefficient (Wildman–Crippen LogP) is 1.05. The van der Waals surface area contributed by atoms with Gasteiger partial charge in [0.1, 0.15) is 6.42 Å². The van der Waals surface area contributed by atoms with Crippen LogP contribution in [0, 0.1) is 0 Å². The van der Waals surface area contributed by atoms with Crippen LogP contribution in [0.1, 0.15) is 12.0 Å². The summed E-state index contributed by atoms with van der Waals surface area (Å²) in [5.74, 6) is -1.04. The molecule has 0 radical (unpaired) electrons. The Kier molecular flexibility index (Phi) is 2.67. The highest BCUT2D eigenvalue weighted by Gasteiger charge is 2.27. The first-order valence-corrected chi connectivity index (χ1v) is 4.67. The van der Waals surface area contributed by atoms with Crippen LogP contribution in [-0.2, 0) is 25.5 Å². The number of cyclic esters (lactones) is 2. The van der Waals surface area contributed by atoms with E-state index in [0.29, 0.717) is 6.42 Å². The van der Waals surface area contributed by atoms with Crippen molar-refractivity contribution < 1.29 is 19.1 Å². The highest BCUT2D eigenvalue weighted by molar-refractivity contribution is 5.92. The zero-order chi connectivity index (χ0) is 10.7. The van der Waals surface area contributed by atoms with Gasteiger partial charge in [-0.2, -0.15) is 0 Å². The summed E-state index contributed by atoms with van der Waals surface area (Å²) in [7, 11) is 0.